The number of hydrogen-bond donors (Lipinski definition) is 0. The average Bonchev–Trinajstić information content (AvgIpc) is 2.60. The highest BCUT2D eigenvalue weighted by Gasteiger charge is 2.23. The molecular formula is C16H10F2. The van der Waals surface area contributed by atoms with Gasteiger partial charge in [0.1, 0.15) is 11.6 Å². The second kappa shape index (κ2) is 4.22. The van der Waals surface area contributed by atoms with Gasteiger partial charge in [-0.15, -0.1) is 0 Å². The molecule has 0 saturated heterocycles. The normalized spacial score (nSPS) is 10.8. The molecule has 0 spiro atoms. The minimum atomic E-state index is -0.495. The van der Waals surface area contributed by atoms with Gasteiger partial charge in [0.2, 0.25) is 0 Å². The van der Waals surface area contributed by atoms with Crippen LogP contribution in [0.5, 0.6) is 0 Å². The molecule has 0 fully saturated rings. The van der Waals surface area contributed by atoms with E-state index in [1.807, 2.05) is 6.07 Å². The summed E-state index contributed by atoms with van der Waals surface area (Å²) in [6.45, 7) is 0. The molecule has 0 bridgehead atoms. The molecule has 2 heteroatoms. The third-order valence-electron chi connectivity index (χ3n) is 3.01. The van der Waals surface area contributed by atoms with Crippen molar-refractivity contribution < 1.29 is 8.78 Å². The fourth-order valence-electron chi connectivity index (χ4n) is 2.15. The lowest BCUT2D eigenvalue weighted by molar-refractivity contribution is 0.614. The monoisotopic (exact) mass is 240 g/mol. The zero-order valence-electron chi connectivity index (χ0n) is 9.53. The van der Waals surface area contributed by atoms with Crippen LogP contribution in [0, 0.1) is 11.6 Å². The average molecular weight is 240 g/mol. The molecule has 18 heavy (non-hydrogen) atoms. The highest BCUT2D eigenvalue weighted by Crippen LogP contribution is 2.39. The Labute approximate surface area is 104 Å². The Balaban J connectivity index is 2.35. The van der Waals surface area contributed by atoms with Gasteiger partial charge in [-0.1, -0.05) is 60.7 Å². The Morgan fingerprint density at radius 3 is 1.50 bits per heavy atom. The molecule has 0 radical (unpaired) electrons. The van der Waals surface area contributed by atoms with E-state index in [-0.39, 0.29) is 5.56 Å². The van der Waals surface area contributed by atoms with E-state index < -0.39 is 11.6 Å². The maximum absolute atomic E-state index is 14.3. The number of benzene rings is 1. The molecule has 1 aromatic rings. The van der Waals surface area contributed by atoms with Crippen molar-refractivity contribution in [3.63, 3.8) is 0 Å². The second-order valence-electron chi connectivity index (χ2n) is 4.11. The van der Waals surface area contributed by atoms with Gasteiger partial charge in [0, 0.05) is 11.1 Å². The summed E-state index contributed by atoms with van der Waals surface area (Å²) in [6, 6.07) is 17.1. The molecule has 1 aromatic carbocycles. The summed E-state index contributed by atoms with van der Waals surface area (Å²) in [4.78, 5) is 0. The Kier molecular flexibility index (Phi) is 2.56. The van der Waals surface area contributed by atoms with E-state index >= 15 is 0 Å². The third kappa shape index (κ3) is 1.58. The molecule has 2 aliphatic carbocycles. The van der Waals surface area contributed by atoms with E-state index in [1.165, 1.54) is 0 Å². The molecule has 88 valence electrons. The van der Waals surface area contributed by atoms with Crippen LogP contribution in [-0.2, 0) is 0 Å². The Morgan fingerprint density at radius 2 is 1.00 bits per heavy atom. The van der Waals surface area contributed by atoms with Gasteiger partial charge < -0.3 is 0 Å². The summed E-state index contributed by atoms with van der Waals surface area (Å²) in [5.41, 5.74) is 1.25. The number of hydrogen-bond acceptors (Lipinski definition) is 0. The van der Waals surface area contributed by atoms with Crippen LogP contribution in [0.25, 0.3) is 22.3 Å². The molecule has 3 rings (SSSR count). The second-order valence-corrected chi connectivity index (χ2v) is 4.11. The molecule has 0 N–H and O–H groups in total. The van der Waals surface area contributed by atoms with Crippen LogP contribution in [0.4, 0.5) is 8.78 Å². The van der Waals surface area contributed by atoms with E-state index in [0.29, 0.717) is 16.7 Å². The lowest BCUT2D eigenvalue weighted by Gasteiger charge is -1.98. The maximum Gasteiger partial charge on any atom is 0.141 e. The first-order valence-corrected chi connectivity index (χ1v) is 5.70. The van der Waals surface area contributed by atoms with Crippen LogP contribution < -0.4 is 0 Å². The van der Waals surface area contributed by atoms with E-state index in [0.717, 1.165) is 0 Å². The van der Waals surface area contributed by atoms with Crippen LogP contribution in [0.15, 0.2) is 60.7 Å². The van der Waals surface area contributed by atoms with Crippen molar-refractivity contribution in [1.29, 1.82) is 0 Å². The Hall–Kier alpha value is -2.22. The van der Waals surface area contributed by atoms with Crippen LogP contribution in [-0.4, -0.2) is 0 Å². The highest BCUT2D eigenvalue weighted by atomic mass is 19.1. The van der Waals surface area contributed by atoms with E-state index in [4.69, 9.17) is 0 Å². The molecular weight excluding hydrogens is 230 g/mol. The van der Waals surface area contributed by atoms with Crippen molar-refractivity contribution in [3.05, 3.63) is 72.3 Å². The number of rotatable bonds is 1. The summed E-state index contributed by atoms with van der Waals surface area (Å²) in [5.74, 6) is -0.991. The summed E-state index contributed by atoms with van der Waals surface area (Å²) >= 11 is 0. The maximum atomic E-state index is 14.3. The van der Waals surface area contributed by atoms with Crippen LogP contribution >= 0.6 is 0 Å². The zero-order chi connectivity index (χ0) is 12.5. The fraction of sp³-hybridized carbons (Fsp3) is 0. The van der Waals surface area contributed by atoms with E-state index in [9.17, 15) is 8.78 Å². The van der Waals surface area contributed by atoms with Gasteiger partial charge in [-0.2, -0.15) is 0 Å². The summed E-state index contributed by atoms with van der Waals surface area (Å²) < 4.78 is 28.6. The van der Waals surface area contributed by atoms with Crippen molar-refractivity contribution in [1.82, 2.24) is 0 Å². The molecule has 0 amide bonds. The Bertz CT molecular complexity index is 623. The fourth-order valence-corrected chi connectivity index (χ4v) is 2.15. The van der Waals surface area contributed by atoms with Gasteiger partial charge in [-0.05, 0) is 5.56 Å². The van der Waals surface area contributed by atoms with Gasteiger partial charge >= 0.3 is 0 Å². The van der Waals surface area contributed by atoms with E-state index in [2.05, 4.69) is 0 Å². The standard InChI is InChI=1S/C16H10F2/c17-15-12-9-5-2-6-10-13(12)16(18)14(15)11-7-3-1-4-8-11/h1-10H. The predicted octanol–water partition coefficient (Wildman–Crippen LogP) is 4.74. The minimum Gasteiger partial charge on any atom is -0.206 e. The minimum absolute atomic E-state index is 0.0526. The largest absolute Gasteiger partial charge is 0.206 e. The van der Waals surface area contributed by atoms with Crippen LogP contribution in [0.1, 0.15) is 0 Å². The topological polar surface area (TPSA) is 0 Å². The van der Waals surface area contributed by atoms with Crippen molar-refractivity contribution >= 4 is 0 Å². The quantitative estimate of drug-likeness (QED) is 0.576. The lowest BCUT2D eigenvalue weighted by Crippen LogP contribution is -1.80. The summed E-state index contributed by atoms with van der Waals surface area (Å²) in [6.07, 6.45) is 0. The van der Waals surface area contributed by atoms with Crippen LogP contribution in [0.2, 0.25) is 0 Å². The molecule has 0 nitrogen and oxygen atoms in total. The van der Waals surface area contributed by atoms with Gasteiger partial charge in [-0.25, -0.2) is 8.78 Å². The van der Waals surface area contributed by atoms with Crippen LogP contribution in [0.3, 0.4) is 0 Å². The van der Waals surface area contributed by atoms with Crippen molar-refractivity contribution in [3.8, 4) is 22.3 Å². The lowest BCUT2D eigenvalue weighted by atomic mass is 10.1. The molecule has 0 atom stereocenters. The molecule has 0 unspecified atom stereocenters. The SMILES string of the molecule is Fc1c2cccccc-2c(F)c1-c1ccccc1. The first-order chi connectivity index (χ1) is 8.79. The van der Waals surface area contributed by atoms with Crippen molar-refractivity contribution in [2.75, 3.05) is 0 Å². The predicted molar refractivity (Wildman–Crippen MR) is 68.4 cm³/mol. The van der Waals surface area contributed by atoms with E-state index in [1.54, 1.807) is 54.6 Å². The zero-order valence-corrected chi connectivity index (χ0v) is 9.53. The summed E-state index contributed by atoms with van der Waals surface area (Å²) in [7, 11) is 0. The first-order valence-electron chi connectivity index (χ1n) is 5.70. The van der Waals surface area contributed by atoms with Gasteiger partial charge in [-0.3, -0.25) is 0 Å². The molecule has 2 aliphatic rings. The molecule has 0 aromatic heterocycles. The van der Waals surface area contributed by atoms with Crippen molar-refractivity contribution in [2.24, 2.45) is 0 Å². The van der Waals surface area contributed by atoms with Gasteiger partial charge in [0.25, 0.3) is 0 Å². The third-order valence-corrected chi connectivity index (χ3v) is 3.01. The van der Waals surface area contributed by atoms with Gasteiger partial charge in [0.15, 0.2) is 0 Å². The first kappa shape index (κ1) is 10.9. The summed E-state index contributed by atoms with van der Waals surface area (Å²) in [5, 5.41) is 0. The molecule has 0 aliphatic heterocycles. The molecule has 0 heterocycles. The smallest absolute Gasteiger partial charge is 0.141 e. The number of halogens is 2. The number of fused-ring (bicyclic) bond motifs is 1. The highest BCUT2D eigenvalue weighted by molar-refractivity contribution is 5.81. The Morgan fingerprint density at radius 1 is 0.556 bits per heavy atom. The molecule has 0 saturated carbocycles. The van der Waals surface area contributed by atoms with Gasteiger partial charge in [0.05, 0.1) is 5.56 Å². The van der Waals surface area contributed by atoms with Crippen molar-refractivity contribution in [2.45, 2.75) is 0 Å².